The van der Waals surface area contributed by atoms with Crippen molar-refractivity contribution in [1.82, 2.24) is 4.90 Å². The zero-order valence-corrected chi connectivity index (χ0v) is 11.1. The van der Waals surface area contributed by atoms with Crippen LogP contribution in [-0.4, -0.2) is 91.8 Å². The molecular weight excluding hydrogens is 216 g/mol. The molecule has 0 aliphatic heterocycles. The molecule has 0 saturated carbocycles. The second-order valence-electron chi connectivity index (χ2n) is 4.36. The standard InChI is InChI=1S/C5H14NO.C3H9N.CH2O3.H2O/c1-6(2,3)4-5-7;1-4(2)3;2-1(3)4;/h7H,4-5H2,1-3H3;1-3H3;(H2,2,3,4);1H2/q+1;;;. The van der Waals surface area contributed by atoms with Crippen molar-refractivity contribution in [1.29, 1.82) is 0 Å². The second kappa shape index (κ2) is 14.1. The summed E-state index contributed by atoms with van der Waals surface area (Å²) in [6, 6.07) is 0. The fraction of sp³-hybridized carbons (Fsp3) is 0.889. The van der Waals surface area contributed by atoms with Crippen LogP contribution in [0, 0.1) is 0 Å². The van der Waals surface area contributed by atoms with Crippen molar-refractivity contribution < 1.29 is 30.1 Å². The summed E-state index contributed by atoms with van der Waals surface area (Å²) in [6.45, 7) is 1.11. The Balaban J connectivity index is -0.0000000700. The molecule has 0 radical (unpaired) electrons. The van der Waals surface area contributed by atoms with E-state index in [4.69, 9.17) is 20.1 Å². The van der Waals surface area contributed by atoms with E-state index in [-0.39, 0.29) is 12.1 Å². The molecule has 0 unspecified atom stereocenters. The van der Waals surface area contributed by atoms with Crippen LogP contribution in [0.4, 0.5) is 4.79 Å². The maximum atomic E-state index is 8.56. The zero-order chi connectivity index (χ0) is 13.1. The Labute approximate surface area is 97.4 Å². The first-order valence-electron chi connectivity index (χ1n) is 4.47. The molecule has 0 aliphatic carbocycles. The number of aliphatic hydroxyl groups is 1. The molecule has 0 fully saturated rings. The molecule has 0 aromatic rings. The Kier molecular flexibility index (Phi) is 21.5. The lowest BCUT2D eigenvalue weighted by Crippen LogP contribution is -2.36. The largest absolute Gasteiger partial charge is 0.503 e. The van der Waals surface area contributed by atoms with Crippen LogP contribution >= 0.6 is 0 Å². The number of rotatable bonds is 2. The third-order valence-electron chi connectivity index (χ3n) is 0.771. The maximum absolute atomic E-state index is 8.56. The van der Waals surface area contributed by atoms with Crippen molar-refractivity contribution in [2.75, 3.05) is 55.4 Å². The summed E-state index contributed by atoms with van der Waals surface area (Å²) in [4.78, 5) is 10.6. The second-order valence-corrected chi connectivity index (χ2v) is 4.36. The number of quaternary nitrogens is 1. The van der Waals surface area contributed by atoms with Gasteiger partial charge in [-0.1, -0.05) is 0 Å². The van der Waals surface area contributed by atoms with Crippen LogP contribution in [0.1, 0.15) is 0 Å². The summed E-state index contributed by atoms with van der Waals surface area (Å²) >= 11 is 0. The Bertz CT molecular complexity index is 139. The van der Waals surface area contributed by atoms with E-state index in [1.807, 2.05) is 26.0 Å². The van der Waals surface area contributed by atoms with Crippen molar-refractivity contribution in [3.8, 4) is 0 Å². The number of aliphatic hydroxyl groups excluding tert-OH is 1. The Morgan fingerprint density at radius 3 is 1.31 bits per heavy atom. The highest BCUT2D eigenvalue weighted by molar-refractivity contribution is 5.53. The first kappa shape index (κ1) is 24.4. The van der Waals surface area contributed by atoms with Crippen LogP contribution in [0.5, 0.6) is 0 Å². The van der Waals surface area contributed by atoms with Gasteiger partial charge in [0.15, 0.2) is 0 Å². The molecule has 7 nitrogen and oxygen atoms in total. The van der Waals surface area contributed by atoms with Gasteiger partial charge in [0.25, 0.3) is 0 Å². The SMILES string of the molecule is CN(C)C.C[N+](C)(C)CCO.O.O=C(O)O. The average Bonchev–Trinajstić information content (AvgIpc) is 1.79. The molecule has 0 aliphatic rings. The number of hydrogen-bond acceptors (Lipinski definition) is 3. The lowest BCUT2D eigenvalue weighted by atomic mass is 10.5. The summed E-state index contributed by atoms with van der Waals surface area (Å²) in [5.41, 5.74) is 0. The average molecular weight is 243 g/mol. The van der Waals surface area contributed by atoms with Gasteiger partial charge >= 0.3 is 6.16 Å². The third kappa shape index (κ3) is 199. The number of nitrogens with zero attached hydrogens (tertiary/aromatic N) is 2. The molecule has 0 heterocycles. The van der Waals surface area contributed by atoms with Gasteiger partial charge in [-0.15, -0.1) is 0 Å². The highest BCUT2D eigenvalue weighted by Gasteiger charge is 2.02. The van der Waals surface area contributed by atoms with E-state index in [9.17, 15) is 0 Å². The van der Waals surface area contributed by atoms with E-state index in [0.29, 0.717) is 0 Å². The minimum absolute atomic E-state index is 0. The van der Waals surface area contributed by atoms with Crippen LogP contribution < -0.4 is 0 Å². The summed E-state index contributed by atoms with van der Waals surface area (Å²) in [5, 5.41) is 22.3. The van der Waals surface area contributed by atoms with E-state index >= 15 is 0 Å². The van der Waals surface area contributed by atoms with Gasteiger partial charge in [-0.25, -0.2) is 4.79 Å². The number of carboxylic acid groups (broad SMARTS) is 2. The molecule has 7 heteroatoms. The summed E-state index contributed by atoms with van der Waals surface area (Å²) in [7, 11) is 12.2. The van der Waals surface area contributed by atoms with E-state index in [2.05, 4.69) is 21.1 Å². The van der Waals surface area contributed by atoms with Crippen molar-refractivity contribution in [2.24, 2.45) is 0 Å². The summed E-state index contributed by atoms with van der Waals surface area (Å²) in [5.74, 6) is 0. The van der Waals surface area contributed by atoms with Crippen molar-refractivity contribution in [2.45, 2.75) is 0 Å². The normalized spacial score (nSPS) is 9.00. The number of likely N-dealkylation sites (N-methyl/N-ethyl adjacent to an activating group) is 1. The molecule has 0 aromatic carbocycles. The molecule has 5 N–H and O–H groups in total. The summed E-state index contributed by atoms with van der Waals surface area (Å²) in [6.07, 6.45) is -1.83. The van der Waals surface area contributed by atoms with E-state index < -0.39 is 6.16 Å². The minimum Gasteiger partial charge on any atom is -0.450 e. The third-order valence-corrected chi connectivity index (χ3v) is 0.771. The molecule has 102 valence electrons. The summed E-state index contributed by atoms with van der Waals surface area (Å²) < 4.78 is 0.844. The fourth-order valence-electron chi connectivity index (χ4n) is 0.300. The van der Waals surface area contributed by atoms with E-state index in [1.165, 1.54) is 0 Å². The highest BCUT2D eigenvalue weighted by atomic mass is 16.6. The Hall–Kier alpha value is -0.890. The molecule has 0 amide bonds. The monoisotopic (exact) mass is 243 g/mol. The predicted octanol–water partition coefficient (Wildman–Crippen LogP) is -0.740. The van der Waals surface area contributed by atoms with Crippen molar-refractivity contribution >= 4 is 6.16 Å². The smallest absolute Gasteiger partial charge is 0.450 e. The lowest BCUT2D eigenvalue weighted by Gasteiger charge is -2.21. The molecule has 16 heavy (non-hydrogen) atoms. The van der Waals surface area contributed by atoms with E-state index in [0.717, 1.165) is 11.0 Å². The minimum atomic E-state index is -1.83. The molecule has 0 spiro atoms. The van der Waals surface area contributed by atoms with Crippen molar-refractivity contribution in [3.05, 3.63) is 0 Å². The molecule has 0 bridgehead atoms. The van der Waals surface area contributed by atoms with Gasteiger partial charge in [-0.05, 0) is 21.1 Å². The lowest BCUT2D eigenvalue weighted by molar-refractivity contribution is -0.870. The highest BCUT2D eigenvalue weighted by Crippen LogP contribution is 1.84. The van der Waals surface area contributed by atoms with Gasteiger partial charge in [-0.3, -0.25) is 0 Å². The van der Waals surface area contributed by atoms with Gasteiger partial charge in [0.2, 0.25) is 0 Å². The van der Waals surface area contributed by atoms with Crippen LogP contribution in [0.15, 0.2) is 0 Å². The van der Waals surface area contributed by atoms with Gasteiger partial charge < -0.3 is 30.2 Å². The fourth-order valence-corrected chi connectivity index (χ4v) is 0.300. The molecule has 0 atom stereocenters. The van der Waals surface area contributed by atoms with Gasteiger partial charge in [0, 0.05) is 0 Å². The topological polar surface area (TPSA) is 112 Å². The van der Waals surface area contributed by atoms with Crippen LogP contribution in [-0.2, 0) is 0 Å². The van der Waals surface area contributed by atoms with Crippen LogP contribution in [0.3, 0.4) is 0 Å². The first-order chi connectivity index (χ1) is 6.52. The first-order valence-corrected chi connectivity index (χ1v) is 4.47. The van der Waals surface area contributed by atoms with Crippen LogP contribution in [0.2, 0.25) is 0 Å². The van der Waals surface area contributed by atoms with E-state index in [1.54, 1.807) is 0 Å². The van der Waals surface area contributed by atoms with Gasteiger partial charge in [0.05, 0.1) is 27.7 Å². The Morgan fingerprint density at radius 2 is 1.31 bits per heavy atom. The molecule has 0 saturated heterocycles. The number of carbonyl (C=O) groups is 1. The van der Waals surface area contributed by atoms with Gasteiger partial charge in [-0.2, -0.15) is 0 Å². The number of hydrogen-bond donors (Lipinski definition) is 3. The van der Waals surface area contributed by atoms with Crippen molar-refractivity contribution in [3.63, 3.8) is 0 Å². The molecule has 0 aromatic heterocycles. The maximum Gasteiger partial charge on any atom is 0.503 e. The predicted molar refractivity (Wildman–Crippen MR) is 63.9 cm³/mol. The molecule has 0 rings (SSSR count). The van der Waals surface area contributed by atoms with Gasteiger partial charge in [0.1, 0.15) is 6.54 Å². The Morgan fingerprint density at radius 1 is 1.12 bits per heavy atom. The molecular formula is C9H27N2O5+. The van der Waals surface area contributed by atoms with Crippen LogP contribution in [0.25, 0.3) is 0 Å². The quantitative estimate of drug-likeness (QED) is 0.553. The zero-order valence-electron chi connectivity index (χ0n) is 11.1.